The monoisotopic (exact) mass is 305 g/mol. The molecule has 0 spiro atoms. The van der Waals surface area contributed by atoms with Gasteiger partial charge in [0.15, 0.2) is 0 Å². The van der Waals surface area contributed by atoms with Crippen LogP contribution in [0.4, 0.5) is 5.69 Å². The zero-order valence-corrected chi connectivity index (χ0v) is 13.0. The molecular weight excluding hydrogens is 286 g/mol. The maximum atomic E-state index is 11.8. The molecule has 0 atom stereocenters. The number of rotatable bonds is 6. The van der Waals surface area contributed by atoms with E-state index in [9.17, 15) is 4.79 Å². The number of anilines is 1. The van der Waals surface area contributed by atoms with Gasteiger partial charge in [0, 0.05) is 10.6 Å². The number of nitrogens with zero attached hydrogens (tertiary/aromatic N) is 2. The first-order chi connectivity index (χ1) is 10.1. The summed E-state index contributed by atoms with van der Waals surface area (Å²) in [6, 6.07) is 10.0. The molecule has 1 aromatic heterocycles. The van der Waals surface area contributed by atoms with Crippen molar-refractivity contribution in [1.82, 2.24) is 9.78 Å². The van der Waals surface area contributed by atoms with E-state index in [1.165, 1.54) is 4.90 Å². The van der Waals surface area contributed by atoms with Crippen LogP contribution in [0.25, 0.3) is 0 Å². The molecule has 5 nitrogen and oxygen atoms in total. The summed E-state index contributed by atoms with van der Waals surface area (Å²) >= 11 is 1.66. The van der Waals surface area contributed by atoms with Gasteiger partial charge in [-0.3, -0.25) is 9.48 Å². The Hall–Kier alpha value is -1.95. The second-order valence-corrected chi connectivity index (χ2v) is 5.79. The first-order valence-corrected chi connectivity index (χ1v) is 7.69. The van der Waals surface area contributed by atoms with Crippen LogP contribution >= 0.6 is 11.8 Å². The highest BCUT2D eigenvalue weighted by Crippen LogP contribution is 2.17. The molecule has 1 aromatic carbocycles. The summed E-state index contributed by atoms with van der Waals surface area (Å²) in [6.07, 6.45) is 0. The summed E-state index contributed by atoms with van der Waals surface area (Å²) in [6.45, 7) is 4.14. The van der Waals surface area contributed by atoms with Crippen LogP contribution in [-0.2, 0) is 16.1 Å². The van der Waals surface area contributed by atoms with E-state index in [0.717, 1.165) is 17.1 Å². The van der Waals surface area contributed by atoms with Crippen LogP contribution in [0.1, 0.15) is 11.4 Å². The van der Waals surface area contributed by atoms with Crippen molar-refractivity contribution in [3.05, 3.63) is 41.7 Å². The summed E-state index contributed by atoms with van der Waals surface area (Å²) in [7, 11) is 0. The molecule has 0 aliphatic heterocycles. The molecule has 0 fully saturated rings. The number of hydrogen-bond acceptors (Lipinski definition) is 5. The minimum absolute atomic E-state index is 0.0971. The maximum absolute atomic E-state index is 11.8. The van der Waals surface area contributed by atoms with Crippen LogP contribution in [0.15, 0.2) is 35.2 Å². The molecule has 2 N–H and O–H groups in total. The van der Waals surface area contributed by atoms with Gasteiger partial charge in [0.25, 0.3) is 0 Å². The smallest absolute Gasteiger partial charge is 0.327 e. The minimum atomic E-state index is -0.297. The third-order valence-electron chi connectivity index (χ3n) is 3.07. The van der Waals surface area contributed by atoms with Gasteiger partial charge < -0.3 is 10.5 Å². The third-order valence-corrected chi connectivity index (χ3v) is 4.05. The van der Waals surface area contributed by atoms with E-state index in [0.29, 0.717) is 12.3 Å². The number of benzene rings is 1. The number of hydrogen-bond donors (Lipinski definition) is 1. The van der Waals surface area contributed by atoms with Crippen molar-refractivity contribution in [1.29, 1.82) is 0 Å². The summed E-state index contributed by atoms with van der Waals surface area (Å²) in [5.41, 5.74) is 7.98. The van der Waals surface area contributed by atoms with Crippen LogP contribution in [0.5, 0.6) is 0 Å². The topological polar surface area (TPSA) is 70.1 Å². The van der Waals surface area contributed by atoms with Gasteiger partial charge in [-0.2, -0.15) is 5.10 Å². The molecule has 2 rings (SSSR count). The average molecular weight is 305 g/mol. The lowest BCUT2D eigenvalue weighted by Gasteiger charge is -2.06. The number of thioether (sulfide) groups is 1. The number of ether oxygens (including phenoxy) is 1. The van der Waals surface area contributed by atoms with E-state index >= 15 is 0 Å². The predicted molar refractivity (Wildman–Crippen MR) is 84.2 cm³/mol. The fraction of sp³-hybridized carbons (Fsp3) is 0.333. The fourth-order valence-electron chi connectivity index (χ4n) is 1.86. The van der Waals surface area contributed by atoms with Crippen LogP contribution in [0, 0.1) is 13.8 Å². The van der Waals surface area contributed by atoms with Crippen molar-refractivity contribution in [3.63, 3.8) is 0 Å². The van der Waals surface area contributed by atoms with E-state index < -0.39 is 0 Å². The van der Waals surface area contributed by atoms with Crippen molar-refractivity contribution < 1.29 is 9.53 Å². The lowest BCUT2D eigenvalue weighted by molar-refractivity contribution is -0.143. The van der Waals surface area contributed by atoms with Crippen LogP contribution in [-0.4, -0.2) is 28.1 Å². The molecule has 2 aromatic rings. The Balaban J connectivity index is 1.74. The highest BCUT2D eigenvalue weighted by Gasteiger charge is 2.12. The Morgan fingerprint density at radius 3 is 2.67 bits per heavy atom. The summed E-state index contributed by atoms with van der Waals surface area (Å²) < 4.78 is 6.79. The zero-order chi connectivity index (χ0) is 15.2. The highest BCUT2D eigenvalue weighted by atomic mass is 32.2. The van der Waals surface area contributed by atoms with Crippen molar-refractivity contribution in [2.45, 2.75) is 25.3 Å². The maximum Gasteiger partial charge on any atom is 0.327 e. The molecule has 0 bridgehead atoms. The van der Waals surface area contributed by atoms with E-state index in [1.54, 1.807) is 16.4 Å². The van der Waals surface area contributed by atoms with Gasteiger partial charge in [0.05, 0.1) is 17.1 Å². The molecule has 0 aliphatic carbocycles. The Kier molecular flexibility index (Phi) is 5.27. The number of aryl methyl sites for hydroxylation is 1. The van der Waals surface area contributed by atoms with Gasteiger partial charge in [-0.25, -0.2) is 0 Å². The minimum Gasteiger partial charge on any atom is -0.463 e. The molecule has 0 radical (unpaired) electrons. The van der Waals surface area contributed by atoms with E-state index in [-0.39, 0.29) is 12.5 Å². The lowest BCUT2D eigenvalue weighted by Crippen LogP contribution is -2.17. The van der Waals surface area contributed by atoms with E-state index in [2.05, 4.69) is 5.10 Å². The molecule has 0 saturated heterocycles. The Morgan fingerprint density at radius 2 is 2.05 bits per heavy atom. The van der Waals surface area contributed by atoms with Crippen LogP contribution < -0.4 is 5.73 Å². The average Bonchev–Trinajstić information content (AvgIpc) is 2.72. The number of nitrogens with two attached hydrogens (primary N) is 1. The second kappa shape index (κ2) is 7.17. The van der Waals surface area contributed by atoms with Crippen molar-refractivity contribution in [2.75, 3.05) is 18.1 Å². The molecule has 112 valence electrons. The summed E-state index contributed by atoms with van der Waals surface area (Å²) in [5, 5.41) is 4.21. The third kappa shape index (κ3) is 4.26. The molecule has 0 amide bonds. The molecular formula is C15H19N3O2S. The van der Waals surface area contributed by atoms with Gasteiger partial charge in [-0.15, -0.1) is 11.8 Å². The number of esters is 1. The summed E-state index contributed by atoms with van der Waals surface area (Å²) in [5.74, 6) is 0.434. The normalized spacial score (nSPS) is 10.6. The molecule has 0 saturated carbocycles. The van der Waals surface area contributed by atoms with Gasteiger partial charge >= 0.3 is 5.97 Å². The van der Waals surface area contributed by atoms with Gasteiger partial charge in [0.1, 0.15) is 13.2 Å². The van der Waals surface area contributed by atoms with Gasteiger partial charge in [-0.05, 0) is 26.0 Å². The number of nitrogen functional groups attached to an aromatic ring is 1. The number of carbonyl (C=O) groups is 1. The van der Waals surface area contributed by atoms with Crippen molar-refractivity contribution in [2.24, 2.45) is 0 Å². The number of aromatic nitrogens is 2. The number of carbonyl (C=O) groups excluding carboxylic acids is 1. The Morgan fingerprint density at radius 1 is 1.33 bits per heavy atom. The quantitative estimate of drug-likeness (QED) is 0.504. The van der Waals surface area contributed by atoms with Crippen LogP contribution in [0.3, 0.4) is 0 Å². The fourth-order valence-corrected chi connectivity index (χ4v) is 2.62. The molecule has 6 heteroatoms. The molecule has 0 aliphatic rings. The van der Waals surface area contributed by atoms with E-state index in [4.69, 9.17) is 10.5 Å². The standard InChI is InChI=1S/C15H19N3O2S/c1-11-15(16)12(2)18(17-11)10-14(19)20-8-9-21-13-6-4-3-5-7-13/h3-7H,8-10,16H2,1-2H3. The van der Waals surface area contributed by atoms with E-state index in [1.807, 2.05) is 44.2 Å². The zero-order valence-electron chi connectivity index (χ0n) is 12.2. The SMILES string of the molecule is Cc1nn(CC(=O)OCCSc2ccccc2)c(C)c1N. The van der Waals surface area contributed by atoms with Crippen LogP contribution in [0.2, 0.25) is 0 Å². The lowest BCUT2D eigenvalue weighted by atomic mass is 10.3. The first-order valence-electron chi connectivity index (χ1n) is 6.71. The first kappa shape index (κ1) is 15.4. The summed E-state index contributed by atoms with van der Waals surface area (Å²) in [4.78, 5) is 12.9. The second-order valence-electron chi connectivity index (χ2n) is 4.62. The highest BCUT2D eigenvalue weighted by molar-refractivity contribution is 7.99. The Bertz CT molecular complexity index is 611. The molecule has 1 heterocycles. The Labute approximate surface area is 128 Å². The largest absolute Gasteiger partial charge is 0.463 e. The van der Waals surface area contributed by atoms with Crippen molar-refractivity contribution >= 4 is 23.4 Å². The molecule has 21 heavy (non-hydrogen) atoms. The predicted octanol–water partition coefficient (Wildman–Crippen LogP) is 2.42. The van der Waals surface area contributed by atoms with Crippen molar-refractivity contribution in [3.8, 4) is 0 Å². The van der Waals surface area contributed by atoms with Gasteiger partial charge in [0.2, 0.25) is 0 Å². The van der Waals surface area contributed by atoms with Gasteiger partial charge in [-0.1, -0.05) is 18.2 Å². The molecule has 0 unspecified atom stereocenters.